The van der Waals surface area contributed by atoms with Gasteiger partial charge in [-0.3, -0.25) is 4.94 Å². The molecule has 2 aromatic rings. The van der Waals surface area contributed by atoms with Crippen molar-refractivity contribution in [3.8, 4) is 39.8 Å². The molecule has 0 unspecified atom stereocenters. The second-order valence-electron chi connectivity index (χ2n) is 4.21. The topological polar surface area (TPSA) is 53.2 Å². The van der Waals surface area contributed by atoms with Crippen molar-refractivity contribution in [1.29, 1.82) is 5.26 Å². The predicted molar refractivity (Wildman–Crippen MR) is 66.6 cm³/mol. The molecule has 0 saturated heterocycles. The zero-order chi connectivity index (χ0) is 15.5. The van der Waals surface area contributed by atoms with Gasteiger partial charge in [-0.2, -0.15) is 9.65 Å². The standard InChI is InChI=1S/C13H2BrF4NO2/c14-9-7-3(1-5(15)12(9)20)6-4(2-19)10(16)11(17)13(21-18)8(6)7/h1,20H. The maximum absolute atomic E-state index is 13.7. The Kier molecular flexibility index (Phi) is 2.85. The van der Waals surface area contributed by atoms with Crippen LogP contribution in [0.4, 0.5) is 17.7 Å². The minimum atomic E-state index is -1.67. The molecule has 1 N–H and O–H groups in total. The van der Waals surface area contributed by atoms with Crippen LogP contribution in [0.15, 0.2) is 10.5 Å². The van der Waals surface area contributed by atoms with Crippen LogP contribution in [0.1, 0.15) is 5.56 Å². The van der Waals surface area contributed by atoms with Gasteiger partial charge in [0.25, 0.3) is 0 Å². The number of rotatable bonds is 1. The first-order chi connectivity index (χ1) is 9.93. The highest BCUT2D eigenvalue weighted by Gasteiger charge is 2.39. The highest BCUT2D eigenvalue weighted by Crippen LogP contribution is 2.59. The van der Waals surface area contributed by atoms with E-state index in [0.717, 1.165) is 6.07 Å². The number of halogens is 5. The van der Waals surface area contributed by atoms with Gasteiger partial charge >= 0.3 is 0 Å². The Hall–Kier alpha value is -2.27. The SMILES string of the molecule is N#Cc1c(F)c(F)c(OF)c2c1-c1cc(F)c(O)c(Br)c1-2. The average molecular weight is 360 g/mol. The molecular formula is C13H2BrF4NO2. The van der Waals surface area contributed by atoms with Crippen molar-refractivity contribution in [3.05, 3.63) is 33.6 Å². The van der Waals surface area contributed by atoms with E-state index in [1.807, 2.05) is 0 Å². The number of nitriles is 1. The number of nitrogens with zero attached hydrogens (tertiary/aromatic N) is 1. The minimum Gasteiger partial charge on any atom is -0.504 e. The Morgan fingerprint density at radius 3 is 2.38 bits per heavy atom. The molecule has 0 saturated carbocycles. The third-order valence-electron chi connectivity index (χ3n) is 3.24. The molecule has 0 atom stereocenters. The van der Waals surface area contributed by atoms with Crippen LogP contribution in [0.5, 0.6) is 11.5 Å². The van der Waals surface area contributed by atoms with Gasteiger partial charge in [-0.1, -0.05) is 0 Å². The second-order valence-corrected chi connectivity index (χ2v) is 5.01. The molecule has 1 aliphatic carbocycles. The van der Waals surface area contributed by atoms with Gasteiger partial charge < -0.3 is 5.11 Å². The first-order valence-corrected chi connectivity index (χ1v) is 6.18. The summed E-state index contributed by atoms with van der Waals surface area (Å²) in [5, 5.41) is 18.4. The van der Waals surface area contributed by atoms with E-state index in [9.17, 15) is 22.8 Å². The highest BCUT2D eigenvalue weighted by molar-refractivity contribution is 9.10. The molecule has 106 valence electrons. The highest BCUT2D eigenvalue weighted by atomic mass is 79.9. The lowest BCUT2D eigenvalue weighted by molar-refractivity contribution is -0.0106. The van der Waals surface area contributed by atoms with E-state index in [4.69, 9.17) is 5.26 Å². The van der Waals surface area contributed by atoms with Crippen LogP contribution in [0.25, 0.3) is 22.3 Å². The number of hydrogen-bond donors (Lipinski definition) is 1. The maximum Gasteiger partial charge on any atom is 0.219 e. The number of phenolic OH excluding ortho intramolecular Hbond substituents is 1. The summed E-state index contributed by atoms with van der Waals surface area (Å²) in [6, 6.07) is 2.29. The average Bonchev–Trinajstić information content (AvgIpc) is 2.46. The summed E-state index contributed by atoms with van der Waals surface area (Å²) in [4.78, 5) is 3.35. The summed E-state index contributed by atoms with van der Waals surface area (Å²) < 4.78 is 53.3. The van der Waals surface area contributed by atoms with E-state index in [2.05, 4.69) is 20.9 Å². The third kappa shape index (κ3) is 1.52. The molecule has 0 aromatic heterocycles. The van der Waals surface area contributed by atoms with Crippen molar-refractivity contribution in [2.24, 2.45) is 0 Å². The van der Waals surface area contributed by atoms with Crippen LogP contribution in [0, 0.1) is 28.8 Å². The molecule has 0 amide bonds. The smallest absolute Gasteiger partial charge is 0.219 e. The van der Waals surface area contributed by atoms with E-state index in [-0.39, 0.29) is 26.7 Å². The summed E-state index contributed by atoms with van der Waals surface area (Å²) >= 11 is 2.89. The molecule has 0 radical (unpaired) electrons. The number of aromatic hydroxyl groups is 1. The van der Waals surface area contributed by atoms with E-state index in [1.54, 1.807) is 0 Å². The van der Waals surface area contributed by atoms with Crippen molar-refractivity contribution in [2.75, 3.05) is 0 Å². The molecule has 2 aromatic carbocycles. The van der Waals surface area contributed by atoms with E-state index in [0.29, 0.717) is 0 Å². The fourth-order valence-corrected chi connectivity index (χ4v) is 2.94. The van der Waals surface area contributed by atoms with Crippen LogP contribution in [0.2, 0.25) is 0 Å². The van der Waals surface area contributed by atoms with Gasteiger partial charge in [0.1, 0.15) is 6.07 Å². The summed E-state index contributed by atoms with van der Waals surface area (Å²) in [6.07, 6.45) is 0. The molecule has 0 fully saturated rings. The molecule has 21 heavy (non-hydrogen) atoms. The number of fused-ring (bicyclic) bond motifs is 4. The van der Waals surface area contributed by atoms with E-state index >= 15 is 0 Å². The molecule has 0 spiro atoms. The Labute approximate surface area is 123 Å². The fraction of sp³-hybridized carbons (Fsp3) is 0. The fourth-order valence-electron chi connectivity index (χ4n) is 2.34. The van der Waals surface area contributed by atoms with Crippen molar-refractivity contribution in [2.45, 2.75) is 0 Å². The van der Waals surface area contributed by atoms with Crippen molar-refractivity contribution >= 4 is 15.9 Å². The van der Waals surface area contributed by atoms with Gasteiger partial charge in [0.2, 0.25) is 11.6 Å². The lowest BCUT2D eigenvalue weighted by Crippen LogP contribution is -2.10. The molecule has 3 nitrogen and oxygen atoms in total. The van der Waals surface area contributed by atoms with E-state index < -0.39 is 34.5 Å². The van der Waals surface area contributed by atoms with Crippen LogP contribution in [0.3, 0.4) is 0 Å². The Balaban J connectivity index is 2.47. The zero-order valence-corrected chi connectivity index (χ0v) is 11.4. The van der Waals surface area contributed by atoms with Crippen molar-refractivity contribution in [3.63, 3.8) is 0 Å². The third-order valence-corrected chi connectivity index (χ3v) is 4.01. The quantitative estimate of drug-likeness (QED) is 0.657. The lowest BCUT2D eigenvalue weighted by atomic mass is 9.77. The van der Waals surface area contributed by atoms with Gasteiger partial charge in [-0.05, 0) is 27.6 Å². The molecule has 3 rings (SSSR count). The summed E-state index contributed by atoms with van der Waals surface area (Å²) in [6.45, 7) is 0. The lowest BCUT2D eigenvalue weighted by Gasteiger charge is -2.28. The number of benzene rings is 2. The van der Waals surface area contributed by atoms with Gasteiger partial charge in [0.05, 0.1) is 10.0 Å². The molecule has 0 aliphatic heterocycles. The van der Waals surface area contributed by atoms with Gasteiger partial charge in [0, 0.05) is 21.2 Å². The van der Waals surface area contributed by atoms with Gasteiger partial charge in [-0.15, -0.1) is 0 Å². The Morgan fingerprint density at radius 1 is 1.14 bits per heavy atom. The first kappa shape index (κ1) is 13.7. The normalized spacial score (nSPS) is 11.2. The van der Waals surface area contributed by atoms with Gasteiger partial charge in [-0.25, -0.2) is 8.78 Å². The minimum absolute atomic E-state index is 0.0342. The number of hydrogen-bond acceptors (Lipinski definition) is 3. The molecule has 8 heteroatoms. The van der Waals surface area contributed by atoms with Crippen molar-refractivity contribution in [1.82, 2.24) is 0 Å². The van der Waals surface area contributed by atoms with Crippen molar-refractivity contribution < 1.29 is 27.7 Å². The zero-order valence-electron chi connectivity index (χ0n) is 9.77. The summed E-state index contributed by atoms with van der Waals surface area (Å²) in [5.41, 5.74) is -1.02. The van der Waals surface area contributed by atoms with E-state index in [1.165, 1.54) is 6.07 Å². The van der Waals surface area contributed by atoms with Crippen LogP contribution >= 0.6 is 15.9 Å². The Bertz CT molecular complexity index is 861. The monoisotopic (exact) mass is 359 g/mol. The summed E-state index contributed by atoms with van der Waals surface area (Å²) in [7, 11) is 0. The molecule has 0 heterocycles. The predicted octanol–water partition coefficient (Wildman–Crippen LogP) is 4.35. The van der Waals surface area contributed by atoms with Crippen LogP contribution in [-0.4, -0.2) is 5.11 Å². The molecular weight excluding hydrogens is 358 g/mol. The van der Waals surface area contributed by atoms with Gasteiger partial charge in [0.15, 0.2) is 17.4 Å². The van der Waals surface area contributed by atoms with Crippen LogP contribution in [-0.2, 0) is 0 Å². The second kappa shape index (κ2) is 4.36. The molecule has 1 aliphatic rings. The summed E-state index contributed by atoms with van der Waals surface area (Å²) in [5.74, 6) is -6.11. The maximum atomic E-state index is 13.7. The first-order valence-electron chi connectivity index (χ1n) is 5.39. The Morgan fingerprint density at radius 2 is 1.81 bits per heavy atom. The number of phenols is 1. The van der Waals surface area contributed by atoms with Crippen LogP contribution < -0.4 is 4.94 Å². The molecule has 0 bridgehead atoms. The largest absolute Gasteiger partial charge is 0.504 e.